The van der Waals surface area contributed by atoms with E-state index < -0.39 is 0 Å². The van der Waals surface area contributed by atoms with E-state index in [1.807, 2.05) is 59.5 Å². The van der Waals surface area contributed by atoms with Gasteiger partial charge in [-0.2, -0.15) is 0 Å². The molecule has 1 N–H and O–H groups in total. The summed E-state index contributed by atoms with van der Waals surface area (Å²) < 4.78 is 4.95. The number of carbonyl (C=O) groups excluding carboxylic acids is 2. The number of carbonyl (C=O) groups is 2. The summed E-state index contributed by atoms with van der Waals surface area (Å²) in [6, 6.07) is 17.7. The second-order valence-corrected chi connectivity index (χ2v) is 6.87. The number of nitrogens with one attached hydrogen (secondary N) is 1. The van der Waals surface area contributed by atoms with Gasteiger partial charge in [0, 0.05) is 25.3 Å². The highest BCUT2D eigenvalue weighted by atomic mass is 16.5. The van der Waals surface area contributed by atoms with Crippen LogP contribution in [0.15, 0.2) is 54.6 Å². The molecule has 0 aromatic heterocycles. The molecule has 1 aliphatic rings. The van der Waals surface area contributed by atoms with Gasteiger partial charge in [0.25, 0.3) is 0 Å². The number of nitrogens with zero attached hydrogens (tertiary/aromatic N) is 1. The highest BCUT2D eigenvalue weighted by Crippen LogP contribution is 2.33. The third kappa shape index (κ3) is 5.66. The van der Waals surface area contributed by atoms with Crippen molar-refractivity contribution in [2.75, 3.05) is 25.2 Å². The van der Waals surface area contributed by atoms with Gasteiger partial charge in [0.2, 0.25) is 11.8 Å². The first kappa shape index (κ1) is 19.1. The Bertz CT molecular complexity index is 772. The molecule has 0 radical (unpaired) electrons. The van der Waals surface area contributed by atoms with Crippen LogP contribution in [0.4, 0.5) is 5.69 Å². The van der Waals surface area contributed by atoms with Crippen LogP contribution in [0.5, 0.6) is 0 Å². The van der Waals surface area contributed by atoms with Gasteiger partial charge < -0.3 is 15.0 Å². The number of anilines is 1. The Balaban J connectivity index is 1.74. The average molecular weight is 366 g/mol. The maximum absolute atomic E-state index is 12.9. The monoisotopic (exact) mass is 366 g/mol. The van der Waals surface area contributed by atoms with Gasteiger partial charge in [0.05, 0.1) is 19.6 Å². The van der Waals surface area contributed by atoms with E-state index in [2.05, 4.69) is 5.32 Å². The zero-order valence-electron chi connectivity index (χ0n) is 15.7. The van der Waals surface area contributed by atoms with Gasteiger partial charge in [0.1, 0.15) is 0 Å². The van der Waals surface area contributed by atoms with E-state index >= 15 is 0 Å². The zero-order chi connectivity index (χ0) is 19.1. The molecular weight excluding hydrogens is 340 g/mol. The molecule has 3 rings (SSSR count). The van der Waals surface area contributed by atoms with Crippen molar-refractivity contribution >= 4 is 17.5 Å². The van der Waals surface area contributed by atoms with Crippen molar-refractivity contribution in [2.45, 2.75) is 25.8 Å². The molecule has 0 aliphatic heterocycles. The van der Waals surface area contributed by atoms with Crippen molar-refractivity contribution in [1.29, 1.82) is 0 Å². The highest BCUT2D eigenvalue weighted by molar-refractivity contribution is 5.96. The smallest absolute Gasteiger partial charge is 0.230 e. The Hall–Kier alpha value is -2.66. The summed E-state index contributed by atoms with van der Waals surface area (Å²) in [5.41, 5.74) is 2.83. The van der Waals surface area contributed by atoms with Gasteiger partial charge in [-0.1, -0.05) is 42.5 Å². The van der Waals surface area contributed by atoms with E-state index in [-0.39, 0.29) is 24.2 Å². The van der Waals surface area contributed by atoms with Gasteiger partial charge in [-0.05, 0) is 36.1 Å². The maximum Gasteiger partial charge on any atom is 0.230 e. The second kappa shape index (κ2) is 9.33. The Morgan fingerprint density at radius 1 is 1.07 bits per heavy atom. The molecule has 0 unspecified atom stereocenters. The number of hydrogen-bond acceptors (Lipinski definition) is 3. The van der Waals surface area contributed by atoms with Gasteiger partial charge in [0.15, 0.2) is 0 Å². The van der Waals surface area contributed by atoms with Crippen molar-refractivity contribution in [3.8, 4) is 0 Å². The largest absolute Gasteiger partial charge is 0.383 e. The molecule has 2 aromatic rings. The van der Waals surface area contributed by atoms with Crippen LogP contribution in [0, 0.1) is 5.92 Å². The molecule has 1 saturated carbocycles. The molecule has 1 aliphatic carbocycles. The molecule has 0 saturated heterocycles. The zero-order valence-corrected chi connectivity index (χ0v) is 15.7. The fourth-order valence-corrected chi connectivity index (χ4v) is 2.99. The molecule has 0 bridgehead atoms. The molecule has 1 fully saturated rings. The summed E-state index contributed by atoms with van der Waals surface area (Å²) in [6.07, 6.45) is 2.21. The lowest BCUT2D eigenvalue weighted by Gasteiger charge is -2.24. The lowest BCUT2D eigenvalue weighted by Crippen LogP contribution is -2.32. The second-order valence-electron chi connectivity index (χ2n) is 6.87. The number of amides is 2. The van der Waals surface area contributed by atoms with Crippen LogP contribution in [0.25, 0.3) is 0 Å². The van der Waals surface area contributed by atoms with Crippen LogP contribution in [0.3, 0.4) is 0 Å². The molecule has 5 heteroatoms. The third-order valence-electron chi connectivity index (χ3n) is 4.59. The number of rotatable bonds is 9. The molecule has 5 nitrogen and oxygen atoms in total. The lowest BCUT2D eigenvalue weighted by atomic mass is 10.1. The molecule has 2 amide bonds. The van der Waals surface area contributed by atoms with E-state index in [1.54, 1.807) is 7.11 Å². The van der Waals surface area contributed by atoms with Crippen LogP contribution in [0.2, 0.25) is 0 Å². The summed E-state index contributed by atoms with van der Waals surface area (Å²) >= 11 is 0. The normalized spacial score (nSPS) is 13.2. The van der Waals surface area contributed by atoms with Crippen molar-refractivity contribution < 1.29 is 14.3 Å². The minimum absolute atomic E-state index is 0.0488. The van der Waals surface area contributed by atoms with Crippen molar-refractivity contribution in [3.05, 3.63) is 65.7 Å². The van der Waals surface area contributed by atoms with Gasteiger partial charge in [-0.3, -0.25) is 9.59 Å². The van der Waals surface area contributed by atoms with E-state index in [4.69, 9.17) is 4.74 Å². The minimum atomic E-state index is -0.0488. The minimum Gasteiger partial charge on any atom is -0.383 e. The molecule has 142 valence electrons. The number of hydrogen-bond donors (Lipinski definition) is 1. The fourth-order valence-electron chi connectivity index (χ4n) is 2.99. The lowest BCUT2D eigenvalue weighted by molar-refractivity contribution is -0.121. The summed E-state index contributed by atoms with van der Waals surface area (Å²) in [7, 11) is 1.60. The van der Waals surface area contributed by atoms with E-state index in [9.17, 15) is 9.59 Å². The number of methoxy groups -OCH3 is 1. The van der Waals surface area contributed by atoms with Crippen LogP contribution in [-0.2, 0) is 27.3 Å². The van der Waals surface area contributed by atoms with Crippen LogP contribution in [-0.4, -0.2) is 32.1 Å². The Labute approximate surface area is 160 Å². The quantitative estimate of drug-likeness (QED) is 0.694. The third-order valence-corrected chi connectivity index (χ3v) is 4.59. The number of benzene rings is 2. The Kier molecular flexibility index (Phi) is 6.60. The molecule has 0 heterocycles. The van der Waals surface area contributed by atoms with Crippen molar-refractivity contribution in [2.24, 2.45) is 5.92 Å². The van der Waals surface area contributed by atoms with E-state index in [0.717, 1.165) is 29.7 Å². The summed E-state index contributed by atoms with van der Waals surface area (Å²) in [6.45, 7) is 1.53. The van der Waals surface area contributed by atoms with Crippen LogP contribution in [0.1, 0.15) is 24.0 Å². The predicted octanol–water partition coefficient (Wildman–Crippen LogP) is 2.93. The topological polar surface area (TPSA) is 58.6 Å². The average Bonchev–Trinajstić information content (AvgIpc) is 3.52. The molecule has 27 heavy (non-hydrogen) atoms. The SMILES string of the molecule is COCCNC(=O)Cc1cccc(N(Cc2ccccc2)C(=O)C2CC2)c1. The van der Waals surface area contributed by atoms with Gasteiger partial charge in [-0.15, -0.1) is 0 Å². The van der Waals surface area contributed by atoms with Gasteiger partial charge in [-0.25, -0.2) is 0 Å². The molecule has 2 aromatic carbocycles. The van der Waals surface area contributed by atoms with Crippen molar-refractivity contribution in [3.63, 3.8) is 0 Å². The summed E-state index contributed by atoms with van der Waals surface area (Å²) in [4.78, 5) is 26.8. The van der Waals surface area contributed by atoms with Crippen molar-refractivity contribution in [1.82, 2.24) is 5.32 Å². The first-order valence-electron chi connectivity index (χ1n) is 9.37. The van der Waals surface area contributed by atoms with E-state index in [1.165, 1.54) is 0 Å². The first-order chi connectivity index (χ1) is 13.2. The standard InChI is InChI=1S/C22H26N2O3/c1-27-13-12-23-21(25)15-18-8-5-9-20(14-18)24(22(26)19-10-11-19)16-17-6-3-2-4-7-17/h2-9,14,19H,10-13,15-16H2,1H3,(H,23,25). The highest BCUT2D eigenvalue weighted by Gasteiger charge is 2.34. The fraction of sp³-hybridized carbons (Fsp3) is 0.364. The summed E-state index contributed by atoms with van der Waals surface area (Å²) in [5, 5.41) is 2.83. The van der Waals surface area contributed by atoms with Gasteiger partial charge >= 0.3 is 0 Å². The van der Waals surface area contributed by atoms with Crippen LogP contribution >= 0.6 is 0 Å². The molecule has 0 atom stereocenters. The maximum atomic E-state index is 12.9. The number of ether oxygens (including phenoxy) is 1. The van der Waals surface area contributed by atoms with E-state index in [0.29, 0.717) is 19.7 Å². The Morgan fingerprint density at radius 3 is 2.52 bits per heavy atom. The molecular formula is C22H26N2O3. The first-order valence-corrected chi connectivity index (χ1v) is 9.37. The molecule has 0 spiro atoms. The van der Waals surface area contributed by atoms with Crippen LogP contribution < -0.4 is 10.2 Å². The Morgan fingerprint density at radius 2 is 1.81 bits per heavy atom. The predicted molar refractivity (Wildman–Crippen MR) is 105 cm³/mol. The summed E-state index contributed by atoms with van der Waals surface area (Å²) in [5.74, 6) is 0.252.